The first kappa shape index (κ1) is 18.3. The highest BCUT2D eigenvalue weighted by Gasteiger charge is 2.14. The maximum Gasteiger partial charge on any atom is 0.273 e. The highest BCUT2D eigenvalue weighted by Crippen LogP contribution is 2.29. The van der Waals surface area contributed by atoms with Crippen molar-refractivity contribution in [3.05, 3.63) is 58.1 Å². The fraction of sp³-hybridized carbons (Fsp3) is 0.278. The first-order chi connectivity index (χ1) is 12.0. The Bertz CT molecular complexity index is 761. The highest BCUT2D eigenvalue weighted by atomic mass is 16.6. The normalized spacial score (nSPS) is 10.2. The number of non-ortho nitro benzene ring substituents is 1. The summed E-state index contributed by atoms with van der Waals surface area (Å²) in [5.74, 6) is 0.489. The van der Waals surface area contributed by atoms with Gasteiger partial charge >= 0.3 is 0 Å². The van der Waals surface area contributed by atoms with Gasteiger partial charge in [0.2, 0.25) is 0 Å². The molecule has 7 heteroatoms. The van der Waals surface area contributed by atoms with Crippen LogP contribution in [0.3, 0.4) is 0 Å². The highest BCUT2D eigenvalue weighted by molar-refractivity contribution is 6.05. The molecule has 2 aromatic carbocycles. The average molecular weight is 344 g/mol. The van der Waals surface area contributed by atoms with Crippen LogP contribution in [0.25, 0.3) is 0 Å². The standard InChI is InChI=1S/C18H20N2O5/c1-3-4-10-25-15-7-5-6-13(11-15)18(21)19-16-9-8-14(20(22)23)12-17(16)24-2/h5-9,11-12H,3-4,10H2,1-2H3,(H,19,21). The van der Waals surface area contributed by atoms with Crippen LogP contribution in [0.15, 0.2) is 42.5 Å². The van der Waals surface area contributed by atoms with Crippen molar-refractivity contribution in [3.63, 3.8) is 0 Å². The predicted octanol–water partition coefficient (Wildman–Crippen LogP) is 4.03. The van der Waals surface area contributed by atoms with Crippen LogP contribution in [0.2, 0.25) is 0 Å². The molecule has 0 atom stereocenters. The van der Waals surface area contributed by atoms with E-state index >= 15 is 0 Å². The summed E-state index contributed by atoms with van der Waals surface area (Å²) < 4.78 is 10.7. The summed E-state index contributed by atoms with van der Waals surface area (Å²) in [6, 6.07) is 10.9. The Morgan fingerprint density at radius 2 is 2.04 bits per heavy atom. The number of hydrogen-bond acceptors (Lipinski definition) is 5. The zero-order chi connectivity index (χ0) is 18.2. The minimum atomic E-state index is -0.523. The minimum Gasteiger partial charge on any atom is -0.494 e. The SMILES string of the molecule is CCCCOc1cccc(C(=O)Nc2ccc([N+](=O)[O-])cc2OC)c1. The van der Waals surface area contributed by atoms with E-state index in [9.17, 15) is 14.9 Å². The van der Waals surface area contributed by atoms with E-state index in [0.29, 0.717) is 23.6 Å². The lowest BCUT2D eigenvalue weighted by Crippen LogP contribution is -2.13. The Morgan fingerprint density at radius 1 is 1.24 bits per heavy atom. The predicted molar refractivity (Wildman–Crippen MR) is 94.4 cm³/mol. The second-order valence-electron chi connectivity index (χ2n) is 5.33. The van der Waals surface area contributed by atoms with Gasteiger partial charge in [0.1, 0.15) is 11.5 Å². The molecule has 2 rings (SSSR count). The molecule has 0 bridgehead atoms. The summed E-state index contributed by atoms with van der Waals surface area (Å²) in [4.78, 5) is 22.7. The number of benzene rings is 2. The lowest BCUT2D eigenvalue weighted by atomic mass is 10.2. The van der Waals surface area contributed by atoms with Crippen molar-refractivity contribution in [2.24, 2.45) is 0 Å². The van der Waals surface area contributed by atoms with Gasteiger partial charge in [0.25, 0.3) is 11.6 Å². The molecule has 1 N–H and O–H groups in total. The van der Waals surface area contributed by atoms with E-state index in [4.69, 9.17) is 9.47 Å². The van der Waals surface area contributed by atoms with Gasteiger partial charge in [-0.05, 0) is 30.7 Å². The van der Waals surface area contributed by atoms with Crippen molar-refractivity contribution < 1.29 is 19.2 Å². The van der Waals surface area contributed by atoms with Gasteiger partial charge in [0.15, 0.2) is 0 Å². The van der Waals surface area contributed by atoms with Crippen LogP contribution in [0.1, 0.15) is 30.1 Å². The first-order valence-electron chi connectivity index (χ1n) is 7.91. The fourth-order valence-electron chi connectivity index (χ4n) is 2.15. The van der Waals surface area contributed by atoms with Gasteiger partial charge in [-0.1, -0.05) is 19.4 Å². The second kappa shape index (κ2) is 8.68. The molecule has 0 spiro atoms. The van der Waals surface area contributed by atoms with Crippen molar-refractivity contribution in [2.45, 2.75) is 19.8 Å². The van der Waals surface area contributed by atoms with Crippen LogP contribution >= 0.6 is 0 Å². The molecule has 0 aliphatic heterocycles. The van der Waals surface area contributed by atoms with E-state index in [1.54, 1.807) is 24.3 Å². The maximum atomic E-state index is 12.4. The number of anilines is 1. The molecule has 2 aromatic rings. The number of nitrogens with zero attached hydrogens (tertiary/aromatic N) is 1. The Hall–Kier alpha value is -3.09. The number of nitro groups is 1. The van der Waals surface area contributed by atoms with E-state index < -0.39 is 4.92 Å². The number of unbranched alkanes of at least 4 members (excludes halogenated alkanes) is 1. The van der Waals surface area contributed by atoms with Gasteiger partial charge in [-0.15, -0.1) is 0 Å². The third kappa shape index (κ3) is 4.94. The molecular weight excluding hydrogens is 324 g/mol. The average Bonchev–Trinajstić information content (AvgIpc) is 2.62. The molecule has 0 heterocycles. The van der Waals surface area contributed by atoms with Gasteiger partial charge in [-0.2, -0.15) is 0 Å². The quantitative estimate of drug-likeness (QED) is 0.443. The van der Waals surface area contributed by atoms with E-state index in [0.717, 1.165) is 12.8 Å². The van der Waals surface area contributed by atoms with Crippen molar-refractivity contribution in [1.82, 2.24) is 0 Å². The number of carbonyl (C=O) groups is 1. The van der Waals surface area contributed by atoms with Crippen LogP contribution in [-0.2, 0) is 0 Å². The number of methoxy groups -OCH3 is 1. The number of carbonyl (C=O) groups excluding carboxylic acids is 1. The molecule has 1 amide bonds. The molecular formula is C18H20N2O5. The summed E-state index contributed by atoms with van der Waals surface area (Å²) in [6.07, 6.45) is 1.97. The number of nitro benzene ring substituents is 1. The largest absolute Gasteiger partial charge is 0.494 e. The van der Waals surface area contributed by atoms with E-state index in [2.05, 4.69) is 12.2 Å². The minimum absolute atomic E-state index is 0.110. The van der Waals surface area contributed by atoms with Crippen LogP contribution in [0, 0.1) is 10.1 Å². The molecule has 132 valence electrons. The monoisotopic (exact) mass is 344 g/mol. The van der Waals surface area contributed by atoms with Crippen molar-refractivity contribution >= 4 is 17.3 Å². The van der Waals surface area contributed by atoms with E-state index in [1.165, 1.54) is 25.3 Å². The van der Waals surface area contributed by atoms with Crippen molar-refractivity contribution in [1.29, 1.82) is 0 Å². The Balaban J connectivity index is 2.14. The lowest BCUT2D eigenvalue weighted by molar-refractivity contribution is -0.384. The second-order valence-corrected chi connectivity index (χ2v) is 5.33. The molecule has 0 aliphatic rings. The van der Waals surface area contributed by atoms with Gasteiger partial charge in [-0.3, -0.25) is 14.9 Å². The molecule has 0 fully saturated rings. The zero-order valence-corrected chi connectivity index (χ0v) is 14.2. The Labute approximate surface area is 145 Å². The summed E-state index contributed by atoms with van der Waals surface area (Å²) in [7, 11) is 1.39. The molecule has 25 heavy (non-hydrogen) atoms. The molecule has 7 nitrogen and oxygen atoms in total. The van der Waals surface area contributed by atoms with Crippen molar-refractivity contribution in [3.8, 4) is 11.5 Å². The van der Waals surface area contributed by atoms with Crippen LogP contribution in [-0.4, -0.2) is 24.5 Å². The van der Waals surface area contributed by atoms with Gasteiger partial charge in [0.05, 0.1) is 30.4 Å². The number of amides is 1. The Morgan fingerprint density at radius 3 is 2.72 bits per heavy atom. The number of hydrogen-bond donors (Lipinski definition) is 1. The number of rotatable bonds is 8. The molecule has 0 aromatic heterocycles. The van der Waals surface area contributed by atoms with E-state index in [-0.39, 0.29) is 17.3 Å². The van der Waals surface area contributed by atoms with Crippen molar-refractivity contribution in [2.75, 3.05) is 19.0 Å². The molecule has 0 aliphatic carbocycles. The Kier molecular flexibility index (Phi) is 6.33. The summed E-state index contributed by atoms with van der Waals surface area (Å²) in [6.45, 7) is 2.67. The summed E-state index contributed by atoms with van der Waals surface area (Å²) in [5, 5.41) is 13.5. The smallest absolute Gasteiger partial charge is 0.273 e. The molecule has 0 saturated carbocycles. The fourth-order valence-corrected chi connectivity index (χ4v) is 2.15. The maximum absolute atomic E-state index is 12.4. The first-order valence-corrected chi connectivity index (χ1v) is 7.91. The third-order valence-electron chi connectivity index (χ3n) is 3.51. The third-order valence-corrected chi connectivity index (χ3v) is 3.51. The summed E-state index contributed by atoms with van der Waals surface area (Å²) >= 11 is 0. The van der Waals surface area contributed by atoms with Crippen LogP contribution in [0.5, 0.6) is 11.5 Å². The summed E-state index contributed by atoms with van der Waals surface area (Å²) in [5.41, 5.74) is 0.672. The van der Waals surface area contributed by atoms with Crippen LogP contribution < -0.4 is 14.8 Å². The van der Waals surface area contributed by atoms with Gasteiger partial charge in [0, 0.05) is 11.6 Å². The molecule has 0 unspecified atom stereocenters. The molecule has 0 saturated heterocycles. The van der Waals surface area contributed by atoms with Gasteiger partial charge in [-0.25, -0.2) is 0 Å². The molecule has 0 radical (unpaired) electrons. The lowest BCUT2D eigenvalue weighted by Gasteiger charge is -2.11. The van der Waals surface area contributed by atoms with E-state index in [1.807, 2.05) is 0 Å². The topological polar surface area (TPSA) is 90.7 Å². The number of nitrogens with one attached hydrogen (secondary N) is 1. The zero-order valence-electron chi connectivity index (χ0n) is 14.2. The van der Waals surface area contributed by atoms with Crippen LogP contribution in [0.4, 0.5) is 11.4 Å². The van der Waals surface area contributed by atoms with Gasteiger partial charge < -0.3 is 14.8 Å². The number of ether oxygens (including phenoxy) is 2.